The standard InChI is InChI=1S/C21H21N5O3S3/c1-13(2)20(27)23-16-9-4-5-10-17(16)30-18(12-22)21-24-19(25-31-21)14-7-6-8-15(11-14)26-32(3,28)29/h4-11,13,18,26H,1-3H3,(H,23,27). The number of hydrogen-bond donors (Lipinski definition) is 2. The third kappa shape index (κ3) is 6.29. The summed E-state index contributed by atoms with van der Waals surface area (Å²) in [4.78, 5) is 17.4. The van der Waals surface area contributed by atoms with E-state index in [1.54, 1.807) is 30.3 Å². The molecule has 1 amide bonds. The van der Waals surface area contributed by atoms with Gasteiger partial charge in [0.25, 0.3) is 0 Å². The quantitative estimate of drug-likeness (QED) is 0.447. The Hall–Kier alpha value is -2.94. The first kappa shape index (κ1) is 23.7. The summed E-state index contributed by atoms with van der Waals surface area (Å²) in [6, 6.07) is 16.3. The maximum Gasteiger partial charge on any atom is 0.229 e. The molecule has 0 aliphatic carbocycles. The predicted molar refractivity (Wildman–Crippen MR) is 128 cm³/mol. The van der Waals surface area contributed by atoms with Gasteiger partial charge in [0, 0.05) is 22.1 Å². The zero-order valence-corrected chi connectivity index (χ0v) is 20.0. The van der Waals surface area contributed by atoms with Crippen molar-refractivity contribution in [3.8, 4) is 17.5 Å². The fourth-order valence-electron chi connectivity index (χ4n) is 2.60. The van der Waals surface area contributed by atoms with Crippen molar-refractivity contribution in [1.82, 2.24) is 9.36 Å². The van der Waals surface area contributed by atoms with Crippen LogP contribution in [0.5, 0.6) is 0 Å². The number of rotatable bonds is 8. The van der Waals surface area contributed by atoms with E-state index in [9.17, 15) is 18.5 Å². The van der Waals surface area contributed by atoms with E-state index in [1.807, 2.05) is 32.0 Å². The van der Waals surface area contributed by atoms with Crippen LogP contribution in [0, 0.1) is 17.2 Å². The lowest BCUT2D eigenvalue weighted by atomic mass is 10.2. The van der Waals surface area contributed by atoms with Crippen LogP contribution in [-0.2, 0) is 14.8 Å². The zero-order chi connectivity index (χ0) is 23.3. The van der Waals surface area contributed by atoms with Gasteiger partial charge in [-0.3, -0.25) is 9.52 Å². The second-order valence-electron chi connectivity index (χ2n) is 7.18. The minimum absolute atomic E-state index is 0.104. The Morgan fingerprint density at radius 2 is 1.94 bits per heavy atom. The molecule has 0 saturated heterocycles. The number of anilines is 2. The molecule has 8 nitrogen and oxygen atoms in total. The lowest BCUT2D eigenvalue weighted by Crippen LogP contribution is -2.18. The average Bonchev–Trinajstić information content (AvgIpc) is 3.22. The van der Waals surface area contributed by atoms with Crippen molar-refractivity contribution >= 4 is 50.6 Å². The molecule has 0 saturated carbocycles. The van der Waals surface area contributed by atoms with Gasteiger partial charge in [0.2, 0.25) is 15.9 Å². The number of nitriles is 1. The van der Waals surface area contributed by atoms with Crippen molar-refractivity contribution < 1.29 is 13.2 Å². The third-order valence-electron chi connectivity index (χ3n) is 4.12. The van der Waals surface area contributed by atoms with E-state index >= 15 is 0 Å². The number of hydrogen-bond acceptors (Lipinski definition) is 8. The third-order valence-corrected chi connectivity index (χ3v) is 6.83. The fourth-order valence-corrected chi connectivity index (χ4v) is 4.90. The molecule has 0 aliphatic heterocycles. The number of sulfonamides is 1. The molecule has 0 bridgehead atoms. The van der Waals surface area contributed by atoms with Crippen LogP contribution in [-0.4, -0.2) is 29.9 Å². The van der Waals surface area contributed by atoms with E-state index < -0.39 is 15.3 Å². The summed E-state index contributed by atoms with van der Waals surface area (Å²) in [5.74, 6) is 0.134. The summed E-state index contributed by atoms with van der Waals surface area (Å²) < 4.78 is 29.7. The van der Waals surface area contributed by atoms with Gasteiger partial charge in [-0.25, -0.2) is 13.4 Å². The number of carbonyl (C=O) groups is 1. The van der Waals surface area contributed by atoms with E-state index in [0.29, 0.717) is 27.8 Å². The van der Waals surface area contributed by atoms with Crippen LogP contribution in [0.4, 0.5) is 11.4 Å². The molecule has 32 heavy (non-hydrogen) atoms. The molecule has 1 atom stereocenters. The van der Waals surface area contributed by atoms with Crippen LogP contribution >= 0.6 is 23.3 Å². The normalized spacial score (nSPS) is 12.2. The molecule has 1 heterocycles. The number of para-hydroxylation sites is 1. The monoisotopic (exact) mass is 487 g/mol. The van der Waals surface area contributed by atoms with Gasteiger partial charge in [-0.05, 0) is 35.8 Å². The SMILES string of the molecule is CC(C)C(=O)Nc1ccccc1SC(C#N)c1nc(-c2cccc(NS(C)(=O)=O)c2)ns1. The smallest absolute Gasteiger partial charge is 0.229 e. The first-order valence-electron chi connectivity index (χ1n) is 9.54. The molecule has 11 heteroatoms. The van der Waals surface area contributed by atoms with Gasteiger partial charge in [0.15, 0.2) is 5.82 Å². The van der Waals surface area contributed by atoms with Gasteiger partial charge in [-0.15, -0.1) is 0 Å². The highest BCUT2D eigenvalue weighted by molar-refractivity contribution is 8.00. The minimum Gasteiger partial charge on any atom is -0.325 e. The Kier molecular flexibility index (Phi) is 7.50. The number of amides is 1. The van der Waals surface area contributed by atoms with Gasteiger partial charge < -0.3 is 5.32 Å². The van der Waals surface area contributed by atoms with Crippen LogP contribution in [0.2, 0.25) is 0 Å². The Bertz CT molecular complexity index is 1270. The van der Waals surface area contributed by atoms with Crippen LogP contribution in [0.15, 0.2) is 53.4 Å². The van der Waals surface area contributed by atoms with Crippen molar-refractivity contribution in [3.63, 3.8) is 0 Å². The molecule has 0 spiro atoms. The molecular weight excluding hydrogens is 466 g/mol. The molecule has 0 fully saturated rings. The first-order valence-corrected chi connectivity index (χ1v) is 13.1. The molecule has 3 aromatic rings. The number of aromatic nitrogens is 2. The molecule has 1 aromatic heterocycles. The van der Waals surface area contributed by atoms with Crippen molar-refractivity contribution in [2.24, 2.45) is 5.92 Å². The molecule has 0 aliphatic rings. The maximum atomic E-state index is 12.1. The second-order valence-corrected chi connectivity index (χ2v) is 10.9. The molecule has 1 unspecified atom stereocenters. The van der Waals surface area contributed by atoms with E-state index in [-0.39, 0.29) is 11.8 Å². The largest absolute Gasteiger partial charge is 0.325 e. The fraction of sp³-hybridized carbons (Fsp3) is 0.238. The van der Waals surface area contributed by atoms with Crippen LogP contribution < -0.4 is 10.0 Å². The van der Waals surface area contributed by atoms with E-state index in [4.69, 9.17) is 0 Å². The Morgan fingerprint density at radius 1 is 1.19 bits per heavy atom. The molecule has 2 aromatic carbocycles. The van der Waals surface area contributed by atoms with Crippen molar-refractivity contribution in [3.05, 3.63) is 53.5 Å². The number of nitrogens with zero attached hydrogens (tertiary/aromatic N) is 3. The van der Waals surface area contributed by atoms with Gasteiger partial charge in [0.1, 0.15) is 10.3 Å². The Labute approximate surface area is 195 Å². The Balaban J connectivity index is 1.83. The van der Waals surface area contributed by atoms with Crippen molar-refractivity contribution in [2.75, 3.05) is 16.3 Å². The Morgan fingerprint density at radius 3 is 2.62 bits per heavy atom. The number of benzene rings is 2. The maximum absolute atomic E-state index is 12.1. The molecule has 166 valence electrons. The molecular formula is C21H21N5O3S3. The minimum atomic E-state index is -3.41. The van der Waals surface area contributed by atoms with Gasteiger partial charge in [-0.1, -0.05) is 49.9 Å². The van der Waals surface area contributed by atoms with E-state index in [1.165, 1.54) is 11.8 Å². The highest BCUT2D eigenvalue weighted by Gasteiger charge is 2.21. The zero-order valence-electron chi connectivity index (χ0n) is 17.6. The number of nitrogens with one attached hydrogen (secondary N) is 2. The van der Waals surface area contributed by atoms with E-state index in [0.717, 1.165) is 22.7 Å². The van der Waals surface area contributed by atoms with Crippen LogP contribution in [0.25, 0.3) is 11.4 Å². The van der Waals surface area contributed by atoms with Gasteiger partial charge in [0.05, 0.1) is 18.0 Å². The second kappa shape index (κ2) is 10.1. The topological polar surface area (TPSA) is 125 Å². The van der Waals surface area contributed by atoms with E-state index in [2.05, 4.69) is 25.5 Å². The molecule has 2 N–H and O–H groups in total. The number of carbonyl (C=O) groups excluding carboxylic acids is 1. The highest BCUT2D eigenvalue weighted by Crippen LogP contribution is 2.40. The molecule has 3 rings (SSSR count). The lowest BCUT2D eigenvalue weighted by Gasteiger charge is -2.13. The summed E-state index contributed by atoms with van der Waals surface area (Å²) >= 11 is 2.39. The highest BCUT2D eigenvalue weighted by atomic mass is 32.2. The van der Waals surface area contributed by atoms with Crippen molar-refractivity contribution in [2.45, 2.75) is 24.0 Å². The van der Waals surface area contributed by atoms with Gasteiger partial charge in [-0.2, -0.15) is 9.64 Å². The first-order chi connectivity index (χ1) is 15.2. The van der Waals surface area contributed by atoms with Crippen molar-refractivity contribution in [1.29, 1.82) is 5.26 Å². The summed E-state index contributed by atoms with van der Waals surface area (Å²) in [7, 11) is -3.41. The number of thioether (sulfide) groups is 1. The summed E-state index contributed by atoms with van der Waals surface area (Å²) in [6.07, 6.45) is 1.08. The lowest BCUT2D eigenvalue weighted by molar-refractivity contribution is -0.118. The molecule has 0 radical (unpaired) electrons. The van der Waals surface area contributed by atoms with Crippen LogP contribution in [0.3, 0.4) is 0 Å². The summed E-state index contributed by atoms with van der Waals surface area (Å²) in [5.41, 5.74) is 1.68. The van der Waals surface area contributed by atoms with Crippen LogP contribution in [0.1, 0.15) is 24.1 Å². The van der Waals surface area contributed by atoms with Gasteiger partial charge >= 0.3 is 0 Å². The summed E-state index contributed by atoms with van der Waals surface area (Å²) in [5, 5.41) is 12.5. The summed E-state index contributed by atoms with van der Waals surface area (Å²) in [6.45, 7) is 3.62. The average molecular weight is 488 g/mol. The predicted octanol–water partition coefficient (Wildman–Crippen LogP) is 4.53.